The number of aliphatic hydroxyl groups excluding tert-OH is 1. The number of Topliss-reactive ketones (excluding diaryl/α,β-unsaturated/α-hetero) is 1. The molecular weight excluding hydrogens is 280 g/mol. The van der Waals surface area contributed by atoms with Crippen molar-refractivity contribution in [2.75, 3.05) is 0 Å². The van der Waals surface area contributed by atoms with E-state index in [0.717, 1.165) is 37.7 Å². The van der Waals surface area contributed by atoms with E-state index >= 15 is 0 Å². The van der Waals surface area contributed by atoms with Crippen LogP contribution < -0.4 is 0 Å². The molecule has 0 radical (unpaired) electrons. The Morgan fingerprint density at radius 3 is 2.50 bits per heavy atom. The maximum atomic E-state index is 12.5. The minimum atomic E-state index is -0.738. The lowest BCUT2D eigenvalue weighted by Crippen LogP contribution is -2.23. The van der Waals surface area contributed by atoms with E-state index in [1.54, 1.807) is 0 Å². The lowest BCUT2D eigenvalue weighted by Gasteiger charge is -2.19. The van der Waals surface area contributed by atoms with E-state index < -0.39 is 12.1 Å². The molecule has 4 nitrogen and oxygen atoms in total. The van der Waals surface area contributed by atoms with Gasteiger partial charge < -0.3 is 9.84 Å². The Morgan fingerprint density at radius 2 is 1.82 bits per heavy atom. The number of carbonyl (C=O) groups is 2. The van der Waals surface area contributed by atoms with Gasteiger partial charge in [-0.05, 0) is 18.4 Å². The van der Waals surface area contributed by atoms with E-state index in [0.29, 0.717) is 6.42 Å². The van der Waals surface area contributed by atoms with E-state index in [9.17, 15) is 14.7 Å². The highest BCUT2D eigenvalue weighted by molar-refractivity contribution is 6.19. The quantitative estimate of drug-likeness (QED) is 0.685. The minimum Gasteiger partial charge on any atom is -0.507 e. The summed E-state index contributed by atoms with van der Waals surface area (Å²) in [5.41, 5.74) is 0.839. The fraction of sp³-hybridized carbons (Fsp3) is 0.444. The van der Waals surface area contributed by atoms with Gasteiger partial charge in [-0.2, -0.15) is 0 Å². The first kappa shape index (κ1) is 14.8. The van der Waals surface area contributed by atoms with Gasteiger partial charge in [0.15, 0.2) is 17.6 Å². The summed E-state index contributed by atoms with van der Waals surface area (Å²) < 4.78 is 5.22. The van der Waals surface area contributed by atoms with Crippen molar-refractivity contribution in [3.63, 3.8) is 0 Å². The molecular formula is C18H20O4. The van der Waals surface area contributed by atoms with Crippen LogP contribution in [0.25, 0.3) is 0 Å². The second-order valence-corrected chi connectivity index (χ2v) is 6.04. The number of esters is 1. The fourth-order valence-corrected chi connectivity index (χ4v) is 3.27. The van der Waals surface area contributed by atoms with Gasteiger partial charge in [0.1, 0.15) is 5.57 Å². The third kappa shape index (κ3) is 2.91. The maximum Gasteiger partial charge on any atom is 0.346 e. The number of cyclic esters (lactones) is 1. The van der Waals surface area contributed by atoms with Crippen LogP contribution in [0.1, 0.15) is 37.7 Å². The number of aliphatic hydroxyl groups is 1. The topological polar surface area (TPSA) is 63.6 Å². The largest absolute Gasteiger partial charge is 0.507 e. The fourth-order valence-electron chi connectivity index (χ4n) is 3.27. The normalized spacial score (nSPS) is 22.7. The molecule has 1 fully saturated rings. The van der Waals surface area contributed by atoms with Crippen LogP contribution in [0.15, 0.2) is 41.7 Å². The Morgan fingerprint density at radius 1 is 1.14 bits per heavy atom. The van der Waals surface area contributed by atoms with Crippen LogP contribution in [0.4, 0.5) is 0 Å². The molecule has 1 atom stereocenters. The monoisotopic (exact) mass is 300 g/mol. The lowest BCUT2D eigenvalue weighted by molar-refractivity contribution is -0.141. The van der Waals surface area contributed by atoms with Crippen LogP contribution in [-0.4, -0.2) is 23.0 Å². The lowest BCUT2D eigenvalue weighted by atomic mass is 9.83. The van der Waals surface area contributed by atoms with Crippen LogP contribution in [0.3, 0.4) is 0 Å². The van der Waals surface area contributed by atoms with Gasteiger partial charge in [0.2, 0.25) is 0 Å². The number of rotatable bonds is 4. The second kappa shape index (κ2) is 6.34. The molecule has 1 aliphatic heterocycles. The summed E-state index contributed by atoms with van der Waals surface area (Å²) in [5, 5.41) is 10.3. The molecule has 1 heterocycles. The molecule has 22 heavy (non-hydrogen) atoms. The van der Waals surface area contributed by atoms with Crippen LogP contribution in [0, 0.1) is 5.92 Å². The molecule has 1 aromatic rings. The molecule has 1 unspecified atom stereocenters. The number of carbonyl (C=O) groups excluding carboxylic acids is 2. The average Bonchev–Trinajstić information content (AvgIpc) is 2.82. The van der Waals surface area contributed by atoms with Gasteiger partial charge in [-0.15, -0.1) is 0 Å². The number of ether oxygens (including phenoxy) is 1. The van der Waals surface area contributed by atoms with E-state index in [-0.39, 0.29) is 23.0 Å². The molecule has 0 amide bonds. The summed E-state index contributed by atoms with van der Waals surface area (Å²) in [4.78, 5) is 24.5. The molecule has 4 heteroatoms. The van der Waals surface area contributed by atoms with Crippen molar-refractivity contribution in [1.82, 2.24) is 0 Å². The zero-order valence-corrected chi connectivity index (χ0v) is 12.5. The first-order valence-corrected chi connectivity index (χ1v) is 7.89. The predicted octanol–water partition coefficient (Wildman–Crippen LogP) is 3.12. The van der Waals surface area contributed by atoms with Gasteiger partial charge in [-0.1, -0.05) is 49.6 Å². The zero-order valence-electron chi connectivity index (χ0n) is 12.5. The van der Waals surface area contributed by atoms with Crippen molar-refractivity contribution >= 4 is 11.8 Å². The predicted molar refractivity (Wildman–Crippen MR) is 81.3 cm³/mol. The first-order chi connectivity index (χ1) is 10.7. The molecule has 1 aromatic carbocycles. The third-order valence-electron chi connectivity index (χ3n) is 4.50. The summed E-state index contributed by atoms with van der Waals surface area (Å²) in [6.45, 7) is 0. The highest BCUT2D eigenvalue weighted by atomic mass is 16.6. The summed E-state index contributed by atoms with van der Waals surface area (Å²) in [5.74, 6) is -1.25. The number of benzene rings is 1. The molecule has 1 aliphatic carbocycles. The summed E-state index contributed by atoms with van der Waals surface area (Å²) in [7, 11) is 0. The Hall–Kier alpha value is -2.10. The third-order valence-corrected chi connectivity index (χ3v) is 4.50. The van der Waals surface area contributed by atoms with Crippen molar-refractivity contribution in [1.29, 1.82) is 0 Å². The van der Waals surface area contributed by atoms with Gasteiger partial charge in [0, 0.05) is 12.3 Å². The van der Waals surface area contributed by atoms with Crippen molar-refractivity contribution in [2.45, 2.75) is 44.6 Å². The van der Waals surface area contributed by atoms with Gasteiger partial charge in [0.05, 0.1) is 0 Å². The second-order valence-electron chi connectivity index (χ2n) is 6.04. The Kier molecular flexibility index (Phi) is 4.27. The molecule has 0 aromatic heterocycles. The van der Waals surface area contributed by atoms with Crippen molar-refractivity contribution in [2.24, 2.45) is 5.92 Å². The van der Waals surface area contributed by atoms with E-state index in [1.165, 1.54) is 0 Å². The Labute approximate surface area is 129 Å². The SMILES string of the molecule is O=C1OC(Cc2ccccc2)C(O)=C1C(=O)C1CCCCC1. The standard InChI is InChI=1S/C18H20O4/c19-16(13-9-5-2-6-10-13)15-17(20)14(22-18(15)21)11-12-7-3-1-4-8-12/h1,3-4,7-8,13-14,20H,2,5-6,9-11H2. The number of ketones is 1. The van der Waals surface area contributed by atoms with Crippen molar-refractivity contribution in [3.8, 4) is 0 Å². The number of hydrogen-bond donors (Lipinski definition) is 1. The summed E-state index contributed by atoms with van der Waals surface area (Å²) in [6, 6.07) is 9.49. The smallest absolute Gasteiger partial charge is 0.346 e. The van der Waals surface area contributed by atoms with Gasteiger partial charge >= 0.3 is 5.97 Å². The van der Waals surface area contributed by atoms with Crippen molar-refractivity contribution < 1.29 is 19.4 Å². The molecule has 2 aliphatic rings. The van der Waals surface area contributed by atoms with Crippen molar-refractivity contribution in [3.05, 3.63) is 47.2 Å². The number of hydrogen-bond acceptors (Lipinski definition) is 4. The van der Waals surface area contributed by atoms with Gasteiger partial charge in [-0.25, -0.2) is 4.79 Å². The van der Waals surface area contributed by atoms with Crippen LogP contribution in [-0.2, 0) is 20.7 Å². The Bertz CT molecular complexity index is 597. The maximum absolute atomic E-state index is 12.5. The van der Waals surface area contributed by atoms with E-state index in [1.807, 2.05) is 30.3 Å². The molecule has 0 spiro atoms. The van der Waals surface area contributed by atoms with E-state index in [2.05, 4.69) is 0 Å². The Balaban J connectivity index is 1.77. The van der Waals surface area contributed by atoms with E-state index in [4.69, 9.17) is 4.74 Å². The van der Waals surface area contributed by atoms with Crippen LogP contribution >= 0.6 is 0 Å². The summed E-state index contributed by atoms with van der Waals surface area (Å²) >= 11 is 0. The van der Waals surface area contributed by atoms with Crippen LogP contribution in [0.2, 0.25) is 0 Å². The highest BCUT2D eigenvalue weighted by Gasteiger charge is 2.40. The van der Waals surface area contributed by atoms with Gasteiger partial charge in [-0.3, -0.25) is 4.79 Å². The average molecular weight is 300 g/mol. The molecule has 3 rings (SSSR count). The van der Waals surface area contributed by atoms with Crippen LogP contribution in [0.5, 0.6) is 0 Å². The molecule has 0 bridgehead atoms. The zero-order chi connectivity index (χ0) is 15.5. The minimum absolute atomic E-state index is 0.118. The molecule has 1 N–H and O–H groups in total. The molecule has 0 saturated heterocycles. The molecule has 116 valence electrons. The first-order valence-electron chi connectivity index (χ1n) is 7.89. The highest BCUT2D eigenvalue weighted by Crippen LogP contribution is 2.31. The molecule has 1 saturated carbocycles. The van der Waals surface area contributed by atoms with Gasteiger partial charge in [0.25, 0.3) is 0 Å². The summed E-state index contributed by atoms with van der Waals surface area (Å²) in [6.07, 6.45) is 4.39.